The number of hydrogen-bond acceptors (Lipinski definition) is 3. The lowest BCUT2D eigenvalue weighted by Crippen LogP contribution is -2.05. The Morgan fingerprint density at radius 3 is 3.08 bits per heavy atom. The zero-order valence-electron chi connectivity index (χ0n) is 7.79. The highest BCUT2D eigenvalue weighted by atomic mass is 32.1. The van der Waals surface area contributed by atoms with Crippen LogP contribution in [0.3, 0.4) is 0 Å². The molecule has 2 aromatic rings. The van der Waals surface area contributed by atoms with E-state index in [0.29, 0.717) is 0 Å². The molecule has 1 heterocycles. The van der Waals surface area contributed by atoms with Crippen molar-refractivity contribution in [2.24, 2.45) is 0 Å². The van der Waals surface area contributed by atoms with Gasteiger partial charge in [-0.3, -0.25) is 0 Å². The highest BCUT2D eigenvalue weighted by Gasteiger charge is 2.03. The third kappa shape index (κ3) is 1.57. The van der Waals surface area contributed by atoms with Gasteiger partial charge in [-0.15, -0.1) is 11.3 Å². The van der Waals surface area contributed by atoms with Crippen molar-refractivity contribution in [2.45, 2.75) is 13.5 Å². The summed E-state index contributed by atoms with van der Waals surface area (Å²) in [5.41, 5.74) is 2.43. The maximum atomic E-state index is 4.51. The largest absolute Gasteiger partial charge is 0.316 e. The number of benzene rings is 1. The fourth-order valence-corrected chi connectivity index (χ4v) is 2.32. The van der Waals surface area contributed by atoms with Crippen LogP contribution in [-0.4, -0.2) is 12.0 Å². The van der Waals surface area contributed by atoms with Crippen LogP contribution in [0.25, 0.3) is 10.2 Å². The molecule has 0 atom stereocenters. The van der Waals surface area contributed by atoms with E-state index in [1.165, 1.54) is 10.3 Å². The molecule has 13 heavy (non-hydrogen) atoms. The molecule has 68 valence electrons. The Morgan fingerprint density at radius 2 is 2.31 bits per heavy atom. The van der Waals surface area contributed by atoms with E-state index in [2.05, 4.69) is 28.5 Å². The number of nitrogens with one attached hydrogen (secondary N) is 1. The van der Waals surface area contributed by atoms with Crippen molar-refractivity contribution in [3.63, 3.8) is 0 Å². The molecule has 0 spiro atoms. The fourth-order valence-electron chi connectivity index (χ4n) is 1.45. The minimum Gasteiger partial charge on any atom is -0.316 e. The predicted molar refractivity (Wildman–Crippen MR) is 57.1 cm³/mol. The van der Waals surface area contributed by atoms with E-state index in [1.807, 2.05) is 14.0 Å². The first-order chi connectivity index (χ1) is 6.31. The van der Waals surface area contributed by atoms with Gasteiger partial charge in [-0.1, -0.05) is 12.1 Å². The lowest BCUT2D eigenvalue weighted by Gasteiger charge is -1.99. The van der Waals surface area contributed by atoms with Crippen LogP contribution in [0.4, 0.5) is 0 Å². The average molecular weight is 192 g/mol. The van der Waals surface area contributed by atoms with Crippen LogP contribution >= 0.6 is 11.3 Å². The average Bonchev–Trinajstić information content (AvgIpc) is 2.47. The van der Waals surface area contributed by atoms with Crippen LogP contribution in [0.2, 0.25) is 0 Å². The molecule has 2 rings (SSSR count). The summed E-state index contributed by atoms with van der Waals surface area (Å²) in [4.78, 5) is 4.51. The maximum absolute atomic E-state index is 4.51. The molecule has 0 bridgehead atoms. The first kappa shape index (κ1) is 8.66. The van der Waals surface area contributed by atoms with Gasteiger partial charge in [-0.2, -0.15) is 0 Å². The molecule has 0 aliphatic heterocycles. The molecule has 0 unspecified atom stereocenters. The summed E-state index contributed by atoms with van der Waals surface area (Å²) in [5.74, 6) is 0. The molecular weight excluding hydrogens is 180 g/mol. The van der Waals surface area contributed by atoms with Crippen LogP contribution in [0.1, 0.15) is 10.6 Å². The Hall–Kier alpha value is -0.930. The summed E-state index contributed by atoms with van der Waals surface area (Å²) in [6.45, 7) is 2.94. The molecule has 1 aromatic heterocycles. The van der Waals surface area contributed by atoms with E-state index in [9.17, 15) is 0 Å². The molecule has 0 fully saturated rings. The van der Waals surface area contributed by atoms with Gasteiger partial charge in [0, 0.05) is 6.54 Å². The second-order valence-corrected chi connectivity index (χ2v) is 4.26. The maximum Gasteiger partial charge on any atom is 0.0907 e. The van der Waals surface area contributed by atoms with Gasteiger partial charge in [0.1, 0.15) is 0 Å². The van der Waals surface area contributed by atoms with E-state index >= 15 is 0 Å². The Balaban J connectivity index is 2.60. The Labute approximate surface area is 81.6 Å². The van der Waals surface area contributed by atoms with Crippen LogP contribution in [0.15, 0.2) is 18.2 Å². The van der Waals surface area contributed by atoms with E-state index in [-0.39, 0.29) is 0 Å². The van der Waals surface area contributed by atoms with Crippen molar-refractivity contribution in [3.8, 4) is 0 Å². The number of fused-ring (bicyclic) bond motifs is 1. The highest BCUT2D eigenvalue weighted by molar-refractivity contribution is 7.18. The molecule has 0 radical (unpaired) electrons. The predicted octanol–water partition coefficient (Wildman–Crippen LogP) is 2.32. The molecule has 0 aliphatic carbocycles. The highest BCUT2D eigenvalue weighted by Crippen LogP contribution is 2.24. The number of thiazole rings is 1. The summed E-state index contributed by atoms with van der Waals surface area (Å²) in [6, 6.07) is 6.34. The monoisotopic (exact) mass is 192 g/mol. The van der Waals surface area contributed by atoms with E-state index < -0.39 is 0 Å². The lowest BCUT2D eigenvalue weighted by atomic mass is 10.2. The molecule has 0 saturated heterocycles. The Bertz CT molecular complexity index is 420. The van der Waals surface area contributed by atoms with Crippen molar-refractivity contribution >= 4 is 21.6 Å². The molecule has 0 aliphatic rings. The van der Waals surface area contributed by atoms with Crippen LogP contribution in [0, 0.1) is 6.92 Å². The minimum absolute atomic E-state index is 0.889. The third-order valence-corrected chi connectivity index (χ3v) is 2.91. The topological polar surface area (TPSA) is 24.9 Å². The number of rotatable bonds is 2. The van der Waals surface area contributed by atoms with E-state index in [0.717, 1.165) is 17.1 Å². The third-order valence-electron chi connectivity index (χ3n) is 1.98. The van der Waals surface area contributed by atoms with Crippen molar-refractivity contribution < 1.29 is 0 Å². The molecule has 2 nitrogen and oxygen atoms in total. The van der Waals surface area contributed by atoms with E-state index in [4.69, 9.17) is 0 Å². The summed E-state index contributed by atoms with van der Waals surface area (Å²) in [5, 5.41) is 4.29. The van der Waals surface area contributed by atoms with Gasteiger partial charge < -0.3 is 5.32 Å². The van der Waals surface area contributed by atoms with Gasteiger partial charge >= 0.3 is 0 Å². The summed E-state index contributed by atoms with van der Waals surface area (Å²) in [6.07, 6.45) is 0. The zero-order valence-corrected chi connectivity index (χ0v) is 8.61. The standard InChI is InChI=1S/C10H12N2S/c1-7-12-10-8(6-11-2)4-3-5-9(10)13-7/h3-5,11H,6H2,1-2H3. The lowest BCUT2D eigenvalue weighted by molar-refractivity contribution is 0.822. The van der Waals surface area contributed by atoms with Gasteiger partial charge in [0.15, 0.2) is 0 Å². The van der Waals surface area contributed by atoms with Crippen LogP contribution < -0.4 is 5.32 Å². The molecule has 3 heteroatoms. The number of hydrogen-bond donors (Lipinski definition) is 1. The molecule has 0 amide bonds. The van der Waals surface area contributed by atoms with Crippen molar-refractivity contribution in [1.82, 2.24) is 10.3 Å². The fraction of sp³-hybridized carbons (Fsp3) is 0.300. The van der Waals surface area contributed by atoms with E-state index in [1.54, 1.807) is 11.3 Å². The summed E-state index contributed by atoms with van der Waals surface area (Å²) in [7, 11) is 1.96. The molecule has 0 saturated carbocycles. The van der Waals surface area contributed by atoms with Crippen molar-refractivity contribution in [3.05, 3.63) is 28.8 Å². The summed E-state index contributed by atoms with van der Waals surface area (Å²) < 4.78 is 1.28. The normalized spacial score (nSPS) is 10.9. The van der Waals surface area contributed by atoms with Gasteiger partial charge in [0.05, 0.1) is 15.2 Å². The van der Waals surface area contributed by atoms with Crippen molar-refractivity contribution in [2.75, 3.05) is 7.05 Å². The Morgan fingerprint density at radius 1 is 1.46 bits per heavy atom. The second-order valence-electron chi connectivity index (χ2n) is 3.03. The molecule has 1 aromatic carbocycles. The summed E-state index contributed by atoms with van der Waals surface area (Å²) >= 11 is 1.75. The Kier molecular flexibility index (Phi) is 2.29. The van der Waals surface area contributed by atoms with Gasteiger partial charge in [0.25, 0.3) is 0 Å². The smallest absolute Gasteiger partial charge is 0.0907 e. The molecule has 1 N–H and O–H groups in total. The number of aromatic nitrogens is 1. The van der Waals surface area contributed by atoms with Gasteiger partial charge in [-0.05, 0) is 25.6 Å². The number of para-hydroxylation sites is 1. The van der Waals surface area contributed by atoms with Crippen LogP contribution in [-0.2, 0) is 6.54 Å². The first-order valence-corrected chi connectivity index (χ1v) is 5.12. The number of aryl methyl sites for hydroxylation is 1. The van der Waals surface area contributed by atoms with Gasteiger partial charge in [-0.25, -0.2) is 4.98 Å². The zero-order chi connectivity index (χ0) is 9.26. The minimum atomic E-state index is 0.889. The number of nitrogens with zero attached hydrogens (tertiary/aromatic N) is 1. The van der Waals surface area contributed by atoms with Gasteiger partial charge in [0.2, 0.25) is 0 Å². The van der Waals surface area contributed by atoms with Crippen LogP contribution in [0.5, 0.6) is 0 Å². The van der Waals surface area contributed by atoms with Crippen molar-refractivity contribution in [1.29, 1.82) is 0 Å². The first-order valence-electron chi connectivity index (χ1n) is 4.31. The SMILES string of the molecule is CNCc1cccc2sc(C)nc12. The second kappa shape index (κ2) is 3.44. The quantitative estimate of drug-likeness (QED) is 0.790. The molecular formula is C10H12N2S.